The zero-order chi connectivity index (χ0) is 16.4. The van der Waals surface area contributed by atoms with Crippen LogP contribution in [0.15, 0.2) is 36.7 Å². The van der Waals surface area contributed by atoms with Crippen molar-refractivity contribution >= 4 is 5.91 Å². The second kappa shape index (κ2) is 6.50. The molecule has 2 aromatic rings. The van der Waals surface area contributed by atoms with Crippen LogP contribution in [0.4, 0.5) is 0 Å². The molecule has 0 bridgehead atoms. The minimum absolute atomic E-state index is 0.0314. The molecule has 3 rings (SSSR count). The number of hydrogen-bond donors (Lipinski definition) is 1. The van der Waals surface area contributed by atoms with Gasteiger partial charge in [-0.05, 0) is 42.0 Å². The molecule has 1 aliphatic rings. The number of amides is 1. The molecular weight excluding hydrogens is 286 g/mol. The van der Waals surface area contributed by atoms with E-state index >= 15 is 0 Å². The third kappa shape index (κ3) is 3.27. The monoisotopic (exact) mass is 309 g/mol. The maximum absolute atomic E-state index is 12.1. The molecule has 1 atom stereocenters. The van der Waals surface area contributed by atoms with E-state index in [4.69, 9.17) is 5.73 Å². The van der Waals surface area contributed by atoms with E-state index in [9.17, 15) is 4.79 Å². The average Bonchev–Trinajstić information content (AvgIpc) is 2.75. The summed E-state index contributed by atoms with van der Waals surface area (Å²) in [7, 11) is 3.50. The van der Waals surface area contributed by atoms with Crippen molar-refractivity contribution in [1.82, 2.24) is 9.88 Å². The van der Waals surface area contributed by atoms with E-state index in [1.165, 1.54) is 24.0 Å². The van der Waals surface area contributed by atoms with Crippen LogP contribution in [0.3, 0.4) is 0 Å². The molecule has 1 unspecified atom stereocenters. The van der Waals surface area contributed by atoms with Crippen LogP contribution in [0.2, 0.25) is 0 Å². The predicted molar refractivity (Wildman–Crippen MR) is 92.2 cm³/mol. The van der Waals surface area contributed by atoms with Gasteiger partial charge in [-0.2, -0.15) is 0 Å². The Morgan fingerprint density at radius 2 is 2.00 bits per heavy atom. The molecule has 0 aliphatic heterocycles. The van der Waals surface area contributed by atoms with Crippen molar-refractivity contribution in [2.24, 2.45) is 5.73 Å². The highest BCUT2D eigenvalue weighted by Gasteiger charge is 2.16. The van der Waals surface area contributed by atoms with Gasteiger partial charge in [0.15, 0.2) is 0 Å². The summed E-state index contributed by atoms with van der Waals surface area (Å²) >= 11 is 0. The second-order valence-corrected chi connectivity index (χ2v) is 6.43. The Bertz CT molecular complexity index is 724. The van der Waals surface area contributed by atoms with Gasteiger partial charge in [-0.25, -0.2) is 0 Å². The van der Waals surface area contributed by atoms with Crippen LogP contribution >= 0.6 is 0 Å². The van der Waals surface area contributed by atoms with Crippen molar-refractivity contribution < 1.29 is 4.79 Å². The number of nitrogens with zero attached hydrogens (tertiary/aromatic N) is 2. The number of carbonyl (C=O) groups is 1. The molecule has 2 N–H and O–H groups in total. The summed E-state index contributed by atoms with van der Waals surface area (Å²) in [6.07, 6.45) is 7.92. The quantitative estimate of drug-likeness (QED) is 0.867. The molecule has 0 saturated carbocycles. The molecule has 23 heavy (non-hydrogen) atoms. The van der Waals surface area contributed by atoms with Crippen molar-refractivity contribution in [3.8, 4) is 11.1 Å². The maximum atomic E-state index is 12.1. The lowest BCUT2D eigenvalue weighted by atomic mass is 9.95. The van der Waals surface area contributed by atoms with Crippen LogP contribution in [-0.2, 0) is 6.42 Å². The third-order valence-corrected chi connectivity index (χ3v) is 4.48. The van der Waals surface area contributed by atoms with Crippen LogP contribution in [0, 0.1) is 0 Å². The molecular formula is C19H23N3O. The number of aryl methyl sites for hydroxylation is 1. The first-order valence-electron chi connectivity index (χ1n) is 8.12. The number of fused-ring (bicyclic) bond motifs is 1. The molecule has 4 heteroatoms. The summed E-state index contributed by atoms with van der Waals surface area (Å²) in [5.74, 6) is -0.0314. The lowest BCUT2D eigenvalue weighted by Crippen LogP contribution is -2.21. The van der Waals surface area contributed by atoms with Crippen molar-refractivity contribution in [2.75, 3.05) is 14.1 Å². The van der Waals surface area contributed by atoms with Crippen LogP contribution < -0.4 is 5.73 Å². The van der Waals surface area contributed by atoms with Crippen LogP contribution in [0.25, 0.3) is 11.1 Å². The van der Waals surface area contributed by atoms with Gasteiger partial charge in [-0.15, -0.1) is 0 Å². The summed E-state index contributed by atoms with van der Waals surface area (Å²) in [5, 5.41) is 0. The fourth-order valence-electron chi connectivity index (χ4n) is 3.17. The highest BCUT2D eigenvalue weighted by Crippen LogP contribution is 2.31. The lowest BCUT2D eigenvalue weighted by Gasteiger charge is -2.15. The smallest absolute Gasteiger partial charge is 0.254 e. The second-order valence-electron chi connectivity index (χ2n) is 6.43. The SMILES string of the molecule is CN(C)C(=O)c1cncc(-c2ccc3c(c2)CCCCC3N)c1. The topological polar surface area (TPSA) is 59.2 Å². The number of hydrogen-bond acceptors (Lipinski definition) is 3. The molecule has 4 nitrogen and oxygen atoms in total. The van der Waals surface area contributed by atoms with Gasteiger partial charge in [0.05, 0.1) is 5.56 Å². The Balaban J connectivity index is 1.98. The molecule has 0 saturated heterocycles. The molecule has 1 heterocycles. The molecule has 1 aromatic carbocycles. The first-order chi connectivity index (χ1) is 11.1. The fourth-order valence-corrected chi connectivity index (χ4v) is 3.17. The minimum Gasteiger partial charge on any atom is -0.345 e. The Kier molecular flexibility index (Phi) is 4.44. The summed E-state index contributed by atoms with van der Waals surface area (Å²) < 4.78 is 0. The van der Waals surface area contributed by atoms with Crippen molar-refractivity contribution in [1.29, 1.82) is 0 Å². The van der Waals surface area contributed by atoms with Crippen LogP contribution in [0.5, 0.6) is 0 Å². The molecule has 0 spiro atoms. The maximum Gasteiger partial charge on any atom is 0.254 e. The standard InChI is InChI=1S/C19H23N3O/c1-22(2)19(23)16-10-15(11-21-12-16)13-7-8-17-14(9-13)5-3-4-6-18(17)20/h7-12,18H,3-6,20H2,1-2H3. The summed E-state index contributed by atoms with van der Waals surface area (Å²) in [4.78, 5) is 17.9. The van der Waals surface area contributed by atoms with Gasteiger partial charge in [0.1, 0.15) is 0 Å². The Morgan fingerprint density at radius 1 is 1.17 bits per heavy atom. The Morgan fingerprint density at radius 3 is 2.78 bits per heavy atom. The predicted octanol–water partition coefficient (Wildman–Crippen LogP) is 3.18. The first-order valence-corrected chi connectivity index (χ1v) is 8.12. The highest BCUT2D eigenvalue weighted by atomic mass is 16.2. The summed E-state index contributed by atoms with van der Waals surface area (Å²) in [5.41, 5.74) is 11.5. The Labute approximate surface area is 137 Å². The van der Waals surface area contributed by atoms with Crippen LogP contribution in [-0.4, -0.2) is 29.9 Å². The molecule has 1 aromatic heterocycles. The van der Waals surface area contributed by atoms with E-state index in [1.807, 2.05) is 12.3 Å². The van der Waals surface area contributed by atoms with Gasteiger partial charge in [0.2, 0.25) is 0 Å². The highest BCUT2D eigenvalue weighted by molar-refractivity contribution is 5.94. The Hall–Kier alpha value is -2.20. The number of rotatable bonds is 2. The number of aromatic nitrogens is 1. The van der Waals surface area contributed by atoms with Crippen molar-refractivity contribution in [3.05, 3.63) is 53.3 Å². The number of pyridine rings is 1. The molecule has 120 valence electrons. The molecule has 1 aliphatic carbocycles. The van der Waals surface area contributed by atoms with Crippen molar-refractivity contribution in [3.63, 3.8) is 0 Å². The van der Waals surface area contributed by atoms with E-state index in [0.29, 0.717) is 5.56 Å². The lowest BCUT2D eigenvalue weighted by molar-refractivity contribution is 0.0827. The molecule has 0 radical (unpaired) electrons. The van der Waals surface area contributed by atoms with E-state index in [2.05, 4.69) is 23.2 Å². The molecule has 1 amide bonds. The van der Waals surface area contributed by atoms with Gasteiger partial charge in [0, 0.05) is 38.1 Å². The number of carbonyl (C=O) groups excluding carboxylic acids is 1. The fraction of sp³-hybridized carbons (Fsp3) is 0.368. The largest absolute Gasteiger partial charge is 0.345 e. The van der Waals surface area contributed by atoms with Gasteiger partial charge >= 0.3 is 0 Å². The van der Waals surface area contributed by atoms with E-state index in [0.717, 1.165) is 24.0 Å². The van der Waals surface area contributed by atoms with Gasteiger partial charge in [0.25, 0.3) is 5.91 Å². The van der Waals surface area contributed by atoms with Gasteiger partial charge in [-0.1, -0.05) is 24.6 Å². The summed E-state index contributed by atoms with van der Waals surface area (Å²) in [6.45, 7) is 0. The first kappa shape index (κ1) is 15.7. The third-order valence-electron chi connectivity index (χ3n) is 4.48. The zero-order valence-corrected chi connectivity index (χ0v) is 13.7. The minimum atomic E-state index is -0.0314. The van der Waals surface area contributed by atoms with Gasteiger partial charge in [-0.3, -0.25) is 9.78 Å². The van der Waals surface area contributed by atoms with Crippen LogP contribution in [0.1, 0.15) is 46.8 Å². The van der Waals surface area contributed by atoms with Crippen molar-refractivity contribution in [2.45, 2.75) is 31.7 Å². The number of benzene rings is 1. The molecule has 0 fully saturated rings. The van der Waals surface area contributed by atoms with E-state index in [1.54, 1.807) is 25.2 Å². The normalized spacial score (nSPS) is 17.3. The average molecular weight is 309 g/mol. The summed E-state index contributed by atoms with van der Waals surface area (Å²) in [6, 6.07) is 8.49. The van der Waals surface area contributed by atoms with E-state index in [-0.39, 0.29) is 11.9 Å². The zero-order valence-electron chi connectivity index (χ0n) is 13.7. The van der Waals surface area contributed by atoms with E-state index < -0.39 is 0 Å². The van der Waals surface area contributed by atoms with Gasteiger partial charge < -0.3 is 10.6 Å². The number of nitrogens with two attached hydrogens (primary N) is 1.